The Morgan fingerprint density at radius 1 is 1.16 bits per heavy atom. The summed E-state index contributed by atoms with van der Waals surface area (Å²) in [5.74, 6) is 3.89. The highest BCUT2D eigenvalue weighted by Crippen LogP contribution is 2.23. The van der Waals surface area contributed by atoms with Crippen molar-refractivity contribution in [2.24, 2.45) is 0 Å². The number of hydrogen-bond acceptors (Lipinski definition) is 4. The lowest BCUT2D eigenvalue weighted by atomic mass is 10.2. The highest BCUT2D eigenvalue weighted by atomic mass is 32.2. The maximum Gasteiger partial charge on any atom is 0.0705 e. The van der Waals surface area contributed by atoms with Gasteiger partial charge < -0.3 is 5.32 Å². The van der Waals surface area contributed by atoms with Crippen LogP contribution in [0.4, 0.5) is 0 Å². The first-order valence-corrected chi connectivity index (χ1v) is 8.87. The largest absolute Gasteiger partial charge is 0.310 e. The van der Waals surface area contributed by atoms with E-state index in [0.29, 0.717) is 0 Å². The number of rotatable bonds is 4. The Morgan fingerprint density at radius 2 is 2.11 bits per heavy atom. The Balaban J connectivity index is 1.56. The van der Waals surface area contributed by atoms with E-state index in [1.807, 2.05) is 6.07 Å². The van der Waals surface area contributed by atoms with Gasteiger partial charge in [0.2, 0.25) is 0 Å². The van der Waals surface area contributed by atoms with Gasteiger partial charge in [0.1, 0.15) is 0 Å². The molecule has 1 fully saturated rings. The minimum Gasteiger partial charge on any atom is -0.310 e. The number of nitrogens with one attached hydrogen (secondary N) is 1. The molecule has 1 aliphatic rings. The molecular weight excluding hydrogens is 272 g/mol. The number of benzene rings is 1. The average molecular weight is 290 g/mol. The van der Waals surface area contributed by atoms with Crippen molar-refractivity contribution in [3.63, 3.8) is 0 Å². The normalized spacial score (nSPS) is 19.7. The van der Waals surface area contributed by atoms with Crippen LogP contribution in [0.15, 0.2) is 36.4 Å². The average Bonchev–Trinajstić information content (AvgIpc) is 2.48. The molecule has 0 amide bonds. The maximum atomic E-state index is 4.68. The number of nitrogens with zero attached hydrogens (tertiary/aromatic N) is 1. The summed E-state index contributed by atoms with van der Waals surface area (Å²) in [7, 11) is 0. The first-order valence-electron chi connectivity index (χ1n) is 6.66. The van der Waals surface area contributed by atoms with Crippen LogP contribution in [0.5, 0.6) is 0 Å². The van der Waals surface area contributed by atoms with E-state index in [9.17, 15) is 0 Å². The van der Waals surface area contributed by atoms with Gasteiger partial charge in [-0.25, -0.2) is 0 Å². The van der Waals surface area contributed by atoms with Gasteiger partial charge in [-0.05, 0) is 12.1 Å². The van der Waals surface area contributed by atoms with Crippen molar-refractivity contribution in [2.75, 3.05) is 23.8 Å². The number of fused-ring (bicyclic) bond motifs is 1. The fourth-order valence-corrected chi connectivity index (χ4v) is 4.87. The maximum absolute atomic E-state index is 4.68. The van der Waals surface area contributed by atoms with Crippen LogP contribution in [0.3, 0.4) is 0 Å². The molecule has 0 radical (unpaired) electrons. The molecule has 0 aliphatic carbocycles. The van der Waals surface area contributed by atoms with Crippen LogP contribution in [0, 0.1) is 0 Å². The van der Waals surface area contributed by atoms with Crippen LogP contribution in [0.1, 0.15) is 5.69 Å². The van der Waals surface area contributed by atoms with Crippen molar-refractivity contribution < 1.29 is 0 Å². The van der Waals surface area contributed by atoms with Crippen molar-refractivity contribution >= 4 is 34.4 Å². The molecular formula is C15H18N2S2. The summed E-state index contributed by atoms with van der Waals surface area (Å²) >= 11 is 4.17. The SMILES string of the molecule is c1ccc2nc(CNCC3CSCCS3)ccc2c1. The summed E-state index contributed by atoms with van der Waals surface area (Å²) in [6.45, 7) is 1.96. The smallest absolute Gasteiger partial charge is 0.0705 e. The summed E-state index contributed by atoms with van der Waals surface area (Å²) in [5, 5.41) is 5.52. The van der Waals surface area contributed by atoms with E-state index in [0.717, 1.165) is 29.6 Å². The van der Waals surface area contributed by atoms with E-state index in [4.69, 9.17) is 0 Å². The molecule has 0 saturated carbocycles. The number of pyridine rings is 1. The fraction of sp³-hybridized carbons (Fsp3) is 0.400. The molecule has 4 heteroatoms. The summed E-state index contributed by atoms with van der Waals surface area (Å²) in [6, 6.07) is 12.6. The Labute approximate surface area is 122 Å². The lowest BCUT2D eigenvalue weighted by Crippen LogP contribution is -2.28. The molecule has 2 heterocycles. The highest BCUT2D eigenvalue weighted by Gasteiger charge is 2.13. The zero-order valence-electron chi connectivity index (χ0n) is 10.8. The Bertz CT molecular complexity index is 538. The molecule has 1 saturated heterocycles. The zero-order chi connectivity index (χ0) is 12.9. The van der Waals surface area contributed by atoms with Crippen LogP contribution in [0.2, 0.25) is 0 Å². The number of thioether (sulfide) groups is 2. The Morgan fingerprint density at radius 3 is 3.00 bits per heavy atom. The minimum absolute atomic E-state index is 0.763. The fourth-order valence-electron chi connectivity index (χ4n) is 2.22. The van der Waals surface area contributed by atoms with Gasteiger partial charge >= 0.3 is 0 Å². The van der Waals surface area contributed by atoms with Crippen LogP contribution >= 0.6 is 23.5 Å². The van der Waals surface area contributed by atoms with Crippen LogP contribution in [-0.2, 0) is 6.54 Å². The molecule has 1 aromatic heterocycles. The van der Waals surface area contributed by atoms with Crippen LogP contribution < -0.4 is 5.32 Å². The highest BCUT2D eigenvalue weighted by molar-refractivity contribution is 8.06. The van der Waals surface area contributed by atoms with E-state index >= 15 is 0 Å². The van der Waals surface area contributed by atoms with Crippen molar-refractivity contribution in [1.29, 1.82) is 0 Å². The zero-order valence-corrected chi connectivity index (χ0v) is 12.5. The van der Waals surface area contributed by atoms with Crippen molar-refractivity contribution in [2.45, 2.75) is 11.8 Å². The van der Waals surface area contributed by atoms with Gasteiger partial charge in [-0.15, -0.1) is 0 Å². The molecule has 0 spiro atoms. The predicted molar refractivity (Wildman–Crippen MR) is 87.0 cm³/mol. The molecule has 2 nitrogen and oxygen atoms in total. The van der Waals surface area contributed by atoms with Crippen molar-refractivity contribution in [3.8, 4) is 0 Å². The summed E-state index contributed by atoms with van der Waals surface area (Å²) in [4.78, 5) is 4.68. The molecule has 19 heavy (non-hydrogen) atoms. The van der Waals surface area contributed by atoms with E-state index in [1.54, 1.807) is 0 Å². The van der Waals surface area contributed by atoms with Gasteiger partial charge in [-0.2, -0.15) is 23.5 Å². The predicted octanol–water partition coefficient (Wildman–Crippen LogP) is 3.17. The molecule has 1 unspecified atom stereocenters. The third kappa shape index (κ3) is 3.65. The van der Waals surface area contributed by atoms with Gasteiger partial charge in [-0.3, -0.25) is 4.98 Å². The molecule has 100 valence electrons. The van der Waals surface area contributed by atoms with Gasteiger partial charge in [0.15, 0.2) is 0 Å². The molecule has 1 N–H and O–H groups in total. The van der Waals surface area contributed by atoms with E-state index < -0.39 is 0 Å². The lowest BCUT2D eigenvalue weighted by Gasteiger charge is -2.21. The summed E-state index contributed by atoms with van der Waals surface area (Å²) in [6.07, 6.45) is 0. The third-order valence-corrected chi connectivity index (χ3v) is 6.06. The molecule has 1 aliphatic heterocycles. The lowest BCUT2D eigenvalue weighted by molar-refractivity contribution is 0.676. The van der Waals surface area contributed by atoms with Crippen molar-refractivity contribution in [3.05, 3.63) is 42.1 Å². The third-order valence-electron chi connectivity index (χ3n) is 3.22. The van der Waals surface area contributed by atoms with E-state index in [2.05, 4.69) is 64.2 Å². The molecule has 3 rings (SSSR count). The first kappa shape index (κ1) is 13.3. The molecule has 1 aromatic carbocycles. The second kappa shape index (κ2) is 6.64. The minimum atomic E-state index is 0.763. The summed E-state index contributed by atoms with van der Waals surface area (Å²) in [5.41, 5.74) is 2.22. The molecule has 0 bridgehead atoms. The van der Waals surface area contributed by atoms with E-state index in [-0.39, 0.29) is 0 Å². The number of hydrogen-bond donors (Lipinski definition) is 1. The van der Waals surface area contributed by atoms with Gasteiger partial charge in [0, 0.05) is 41.0 Å². The second-order valence-electron chi connectivity index (χ2n) is 4.69. The Hall–Kier alpha value is -0.710. The number of aromatic nitrogens is 1. The van der Waals surface area contributed by atoms with Gasteiger partial charge in [-0.1, -0.05) is 24.3 Å². The topological polar surface area (TPSA) is 24.9 Å². The monoisotopic (exact) mass is 290 g/mol. The molecule has 2 aromatic rings. The molecule has 1 atom stereocenters. The van der Waals surface area contributed by atoms with Crippen LogP contribution in [-0.4, -0.2) is 34.0 Å². The van der Waals surface area contributed by atoms with Gasteiger partial charge in [0.05, 0.1) is 11.2 Å². The second-order valence-corrected chi connectivity index (χ2v) is 7.25. The van der Waals surface area contributed by atoms with Crippen LogP contribution in [0.25, 0.3) is 10.9 Å². The Kier molecular flexibility index (Phi) is 4.64. The van der Waals surface area contributed by atoms with E-state index in [1.165, 1.54) is 22.6 Å². The first-order chi connectivity index (χ1) is 9.42. The van der Waals surface area contributed by atoms with Crippen molar-refractivity contribution in [1.82, 2.24) is 10.3 Å². The quantitative estimate of drug-likeness (QED) is 0.935. The standard InChI is InChI=1S/C15H18N2S2/c1-2-4-15-12(3-1)5-6-13(17-15)9-16-10-14-11-18-7-8-19-14/h1-6,14,16H,7-11H2. The summed E-state index contributed by atoms with van der Waals surface area (Å²) < 4.78 is 0. The number of para-hydroxylation sites is 1. The van der Waals surface area contributed by atoms with Gasteiger partial charge in [0.25, 0.3) is 0 Å².